The molecule has 2 aromatic rings. The minimum absolute atomic E-state index is 0.237. The summed E-state index contributed by atoms with van der Waals surface area (Å²) in [6.07, 6.45) is 17.1. The highest BCUT2D eigenvalue weighted by Crippen LogP contribution is 2.24. The lowest BCUT2D eigenvalue weighted by Crippen LogP contribution is -2.36. The molecule has 1 aromatic heterocycles. The lowest BCUT2D eigenvalue weighted by Gasteiger charge is -2.15. The number of allylic oxidation sites excluding steroid dienone is 7. The van der Waals surface area contributed by atoms with E-state index in [4.69, 9.17) is 10.5 Å². The average Bonchev–Trinajstić information content (AvgIpc) is 2.86. The molecule has 6 nitrogen and oxygen atoms in total. The van der Waals surface area contributed by atoms with Crippen LogP contribution in [-0.4, -0.2) is 31.3 Å². The third-order valence-electron chi connectivity index (χ3n) is 4.74. The summed E-state index contributed by atoms with van der Waals surface area (Å²) >= 11 is 0. The van der Waals surface area contributed by atoms with Gasteiger partial charge in [-0.15, -0.1) is 0 Å². The third-order valence-corrected chi connectivity index (χ3v) is 4.74. The van der Waals surface area contributed by atoms with Gasteiger partial charge in [-0.1, -0.05) is 55.7 Å². The van der Waals surface area contributed by atoms with Crippen LogP contribution in [0.2, 0.25) is 0 Å². The molecule has 0 bridgehead atoms. The SMILES string of the molecule is C=C/C=C(\C=C)C/C=C(\NC(N)=NC)N/C(=C/CF)C/C=C\COc1cccc2cnccc12. The van der Waals surface area contributed by atoms with Crippen LogP contribution in [-0.2, 0) is 0 Å². The highest BCUT2D eigenvalue weighted by Gasteiger charge is 2.03. The minimum Gasteiger partial charge on any atom is -0.489 e. The van der Waals surface area contributed by atoms with E-state index in [0.29, 0.717) is 31.0 Å². The number of fused-ring (bicyclic) bond motifs is 1. The maximum Gasteiger partial charge on any atom is 0.193 e. The van der Waals surface area contributed by atoms with E-state index in [9.17, 15) is 4.39 Å². The zero-order chi connectivity index (χ0) is 24.6. The average molecular weight is 462 g/mol. The summed E-state index contributed by atoms with van der Waals surface area (Å²) in [4.78, 5) is 8.06. The van der Waals surface area contributed by atoms with E-state index < -0.39 is 6.67 Å². The van der Waals surface area contributed by atoms with Gasteiger partial charge in [0.25, 0.3) is 0 Å². The van der Waals surface area contributed by atoms with Crippen molar-refractivity contribution in [2.24, 2.45) is 10.7 Å². The number of rotatable bonds is 13. The summed E-state index contributed by atoms with van der Waals surface area (Å²) in [6, 6.07) is 7.77. The zero-order valence-corrected chi connectivity index (χ0v) is 19.5. The van der Waals surface area contributed by atoms with Crippen LogP contribution in [0.3, 0.4) is 0 Å². The summed E-state index contributed by atoms with van der Waals surface area (Å²) in [6.45, 7) is 7.29. The second-order valence-electron chi connectivity index (χ2n) is 7.09. The quantitative estimate of drug-likeness (QED) is 0.168. The van der Waals surface area contributed by atoms with Gasteiger partial charge < -0.3 is 21.1 Å². The maximum absolute atomic E-state index is 13.1. The van der Waals surface area contributed by atoms with E-state index in [1.54, 1.807) is 31.6 Å². The fraction of sp³-hybridized carbons (Fsp3) is 0.185. The number of hydrogen-bond acceptors (Lipinski definition) is 4. The molecule has 0 fully saturated rings. The molecule has 178 valence electrons. The number of nitrogens with one attached hydrogen (secondary N) is 2. The number of nitrogens with zero attached hydrogens (tertiary/aromatic N) is 2. The van der Waals surface area contributed by atoms with Crippen LogP contribution in [0, 0.1) is 0 Å². The van der Waals surface area contributed by atoms with E-state index in [2.05, 4.69) is 33.8 Å². The smallest absolute Gasteiger partial charge is 0.193 e. The molecule has 0 unspecified atom stereocenters. The molecule has 0 saturated heterocycles. The number of guanidine groups is 1. The Morgan fingerprint density at radius 1 is 1.18 bits per heavy atom. The molecule has 0 aliphatic rings. The number of ether oxygens (including phenoxy) is 1. The first-order valence-electron chi connectivity index (χ1n) is 10.9. The van der Waals surface area contributed by atoms with Crippen molar-refractivity contribution >= 4 is 16.7 Å². The monoisotopic (exact) mass is 461 g/mol. The van der Waals surface area contributed by atoms with Gasteiger partial charge in [0.2, 0.25) is 0 Å². The Kier molecular flexibility index (Phi) is 11.4. The molecule has 0 amide bonds. The molecule has 1 aromatic carbocycles. The molecule has 0 saturated carbocycles. The molecular formula is C27H32FN5O. The topological polar surface area (TPSA) is 84.6 Å². The molecular weight excluding hydrogens is 429 g/mol. The fourth-order valence-electron chi connectivity index (χ4n) is 3.00. The van der Waals surface area contributed by atoms with E-state index in [1.165, 1.54) is 6.08 Å². The molecule has 1 heterocycles. The Balaban J connectivity index is 2.02. The van der Waals surface area contributed by atoms with Crippen LogP contribution in [0.15, 0.2) is 114 Å². The molecule has 0 radical (unpaired) electrons. The van der Waals surface area contributed by atoms with Crippen molar-refractivity contribution in [2.75, 3.05) is 20.3 Å². The third kappa shape index (κ3) is 8.78. The molecule has 0 aliphatic carbocycles. The predicted molar refractivity (Wildman–Crippen MR) is 140 cm³/mol. The van der Waals surface area contributed by atoms with Crippen LogP contribution >= 0.6 is 0 Å². The standard InChI is InChI=1S/C27H32FN5O/c1-4-9-21(5-2)13-14-26(33-27(29)30-3)32-23(15-17-28)11-6-7-19-34-25-12-8-10-22-20-31-18-16-24(22)25/h4-10,12,14-16,18,20,32H,1-2,11,13,17,19H2,3H3,(H3,29,30,33)/b7-6-,21-9+,23-15+,26-14-. The first-order chi connectivity index (χ1) is 16.6. The van der Waals surface area contributed by atoms with Crippen molar-refractivity contribution in [2.45, 2.75) is 12.8 Å². The van der Waals surface area contributed by atoms with Crippen LogP contribution in [0.5, 0.6) is 5.75 Å². The van der Waals surface area contributed by atoms with Crippen molar-refractivity contribution < 1.29 is 9.13 Å². The Hall–Kier alpha value is -4.13. The minimum atomic E-state index is -0.602. The molecule has 2 rings (SSSR count). The number of pyridine rings is 1. The Morgan fingerprint density at radius 3 is 2.76 bits per heavy atom. The number of aliphatic imine (C=N–C) groups is 1. The number of alkyl halides is 1. The first kappa shape index (κ1) is 26.1. The van der Waals surface area contributed by atoms with Gasteiger partial charge in [-0.05, 0) is 36.3 Å². The van der Waals surface area contributed by atoms with Gasteiger partial charge in [0.05, 0.1) is 0 Å². The van der Waals surface area contributed by atoms with Crippen molar-refractivity contribution in [1.82, 2.24) is 15.6 Å². The number of halogens is 1. The normalized spacial score (nSPS) is 13.2. The Labute approximate surface area is 200 Å². The fourth-order valence-corrected chi connectivity index (χ4v) is 3.00. The van der Waals surface area contributed by atoms with E-state index in [1.807, 2.05) is 48.6 Å². The number of aromatic nitrogens is 1. The highest BCUT2D eigenvalue weighted by atomic mass is 19.1. The van der Waals surface area contributed by atoms with Crippen LogP contribution < -0.4 is 21.1 Å². The van der Waals surface area contributed by atoms with Gasteiger partial charge >= 0.3 is 0 Å². The summed E-state index contributed by atoms with van der Waals surface area (Å²) < 4.78 is 19.0. The summed E-state index contributed by atoms with van der Waals surface area (Å²) in [5.41, 5.74) is 7.48. The lowest BCUT2D eigenvalue weighted by molar-refractivity contribution is 0.367. The van der Waals surface area contributed by atoms with E-state index >= 15 is 0 Å². The van der Waals surface area contributed by atoms with Gasteiger partial charge in [0, 0.05) is 42.3 Å². The van der Waals surface area contributed by atoms with Crippen LogP contribution in [0.25, 0.3) is 10.8 Å². The second kappa shape index (κ2) is 14.8. The number of nitrogens with two attached hydrogens (primary N) is 1. The predicted octanol–water partition coefficient (Wildman–Crippen LogP) is 5.07. The largest absolute Gasteiger partial charge is 0.489 e. The summed E-state index contributed by atoms with van der Waals surface area (Å²) in [5.74, 6) is 1.62. The van der Waals surface area contributed by atoms with Crippen LogP contribution in [0.4, 0.5) is 4.39 Å². The highest BCUT2D eigenvalue weighted by molar-refractivity contribution is 5.87. The van der Waals surface area contributed by atoms with Gasteiger partial charge in [-0.25, -0.2) is 4.39 Å². The van der Waals surface area contributed by atoms with Crippen molar-refractivity contribution in [3.63, 3.8) is 0 Å². The van der Waals surface area contributed by atoms with Crippen molar-refractivity contribution in [3.05, 3.63) is 109 Å². The molecule has 0 aliphatic heterocycles. The van der Waals surface area contributed by atoms with Crippen LogP contribution in [0.1, 0.15) is 12.8 Å². The molecule has 34 heavy (non-hydrogen) atoms. The number of benzene rings is 1. The Morgan fingerprint density at radius 2 is 2.03 bits per heavy atom. The van der Waals surface area contributed by atoms with Gasteiger partial charge in [-0.2, -0.15) is 0 Å². The molecule has 0 spiro atoms. The second-order valence-corrected chi connectivity index (χ2v) is 7.09. The molecule has 7 heteroatoms. The van der Waals surface area contributed by atoms with Gasteiger partial charge in [0.15, 0.2) is 5.96 Å². The number of hydrogen-bond donors (Lipinski definition) is 3. The molecule has 0 atom stereocenters. The van der Waals surface area contributed by atoms with Crippen molar-refractivity contribution in [3.8, 4) is 5.75 Å². The zero-order valence-electron chi connectivity index (χ0n) is 19.5. The maximum atomic E-state index is 13.1. The summed E-state index contributed by atoms with van der Waals surface area (Å²) in [7, 11) is 1.58. The molecule has 4 N–H and O–H groups in total. The lowest BCUT2D eigenvalue weighted by atomic mass is 10.1. The summed E-state index contributed by atoms with van der Waals surface area (Å²) in [5, 5.41) is 8.21. The van der Waals surface area contributed by atoms with Crippen molar-refractivity contribution in [1.29, 1.82) is 0 Å². The van der Waals surface area contributed by atoms with Gasteiger partial charge in [0.1, 0.15) is 24.9 Å². The van der Waals surface area contributed by atoms with Gasteiger partial charge in [-0.3, -0.25) is 9.98 Å². The van der Waals surface area contributed by atoms with E-state index in [-0.39, 0.29) is 5.96 Å². The van der Waals surface area contributed by atoms with E-state index in [0.717, 1.165) is 22.1 Å². The Bertz CT molecular complexity index is 1110. The first-order valence-corrected chi connectivity index (χ1v) is 10.9.